The Kier molecular flexibility index (Phi) is 7.95. The van der Waals surface area contributed by atoms with Crippen LogP contribution in [0.1, 0.15) is 13.8 Å². The second kappa shape index (κ2) is 9.75. The maximum atomic E-state index is 11.9. The molecule has 7 heteroatoms. The standard InChI is InChI=1S/C15H23N3O4/c1-4-21-9-10-22-11(2)14(19)17-12-5-7-13(8-6-12)18-15(20)16-3/h5-8,11H,4,9-10H2,1-3H3,(H,17,19)(H2,16,18,20)/t11-/m0/s1. The minimum Gasteiger partial charge on any atom is -0.379 e. The average molecular weight is 309 g/mol. The Hall–Kier alpha value is -2.12. The van der Waals surface area contributed by atoms with Crippen LogP contribution < -0.4 is 16.0 Å². The zero-order chi connectivity index (χ0) is 16.4. The van der Waals surface area contributed by atoms with Crippen LogP contribution in [0.15, 0.2) is 24.3 Å². The molecule has 0 unspecified atom stereocenters. The van der Waals surface area contributed by atoms with Gasteiger partial charge in [0.15, 0.2) is 0 Å². The minimum atomic E-state index is -0.566. The van der Waals surface area contributed by atoms with Crippen molar-refractivity contribution in [2.75, 3.05) is 37.5 Å². The number of ether oxygens (including phenoxy) is 2. The van der Waals surface area contributed by atoms with Crippen molar-refractivity contribution >= 4 is 23.3 Å². The Balaban J connectivity index is 2.42. The lowest BCUT2D eigenvalue weighted by Gasteiger charge is -2.13. The van der Waals surface area contributed by atoms with Crippen molar-refractivity contribution in [2.45, 2.75) is 20.0 Å². The van der Waals surface area contributed by atoms with Crippen molar-refractivity contribution in [1.82, 2.24) is 5.32 Å². The second-order valence-corrected chi connectivity index (χ2v) is 4.48. The number of rotatable bonds is 8. The topological polar surface area (TPSA) is 88.7 Å². The largest absolute Gasteiger partial charge is 0.379 e. The number of amides is 3. The monoisotopic (exact) mass is 309 g/mol. The molecule has 0 aromatic heterocycles. The minimum absolute atomic E-state index is 0.233. The summed E-state index contributed by atoms with van der Waals surface area (Å²) in [5.41, 5.74) is 1.27. The number of benzene rings is 1. The van der Waals surface area contributed by atoms with E-state index in [-0.39, 0.29) is 11.9 Å². The molecule has 0 bridgehead atoms. The van der Waals surface area contributed by atoms with Crippen LogP contribution in [0.4, 0.5) is 16.2 Å². The van der Waals surface area contributed by atoms with Gasteiger partial charge in [0, 0.05) is 25.0 Å². The lowest BCUT2D eigenvalue weighted by molar-refractivity contribution is -0.127. The maximum absolute atomic E-state index is 11.9. The summed E-state index contributed by atoms with van der Waals surface area (Å²) in [6, 6.07) is 6.51. The Labute approximate surface area is 130 Å². The lowest BCUT2D eigenvalue weighted by Crippen LogP contribution is -2.29. The van der Waals surface area contributed by atoms with E-state index in [1.807, 2.05) is 6.92 Å². The van der Waals surface area contributed by atoms with Gasteiger partial charge in [-0.2, -0.15) is 0 Å². The van der Waals surface area contributed by atoms with E-state index in [0.717, 1.165) is 0 Å². The third-order valence-electron chi connectivity index (χ3n) is 2.81. The highest BCUT2D eigenvalue weighted by atomic mass is 16.5. The molecule has 0 heterocycles. The van der Waals surface area contributed by atoms with E-state index >= 15 is 0 Å². The fourth-order valence-corrected chi connectivity index (χ4v) is 1.58. The van der Waals surface area contributed by atoms with Gasteiger partial charge in [0.2, 0.25) is 0 Å². The molecule has 1 aromatic carbocycles. The van der Waals surface area contributed by atoms with Crippen LogP contribution in [0.25, 0.3) is 0 Å². The maximum Gasteiger partial charge on any atom is 0.318 e. The molecule has 0 aliphatic rings. The van der Waals surface area contributed by atoms with Crippen LogP contribution in [0.5, 0.6) is 0 Å². The highest BCUT2D eigenvalue weighted by molar-refractivity contribution is 5.94. The highest BCUT2D eigenvalue weighted by Gasteiger charge is 2.13. The first-order valence-electron chi connectivity index (χ1n) is 7.15. The van der Waals surface area contributed by atoms with Crippen molar-refractivity contribution in [3.05, 3.63) is 24.3 Å². The molecule has 1 atom stereocenters. The van der Waals surface area contributed by atoms with Gasteiger partial charge in [-0.15, -0.1) is 0 Å². The van der Waals surface area contributed by atoms with Gasteiger partial charge in [-0.05, 0) is 38.1 Å². The van der Waals surface area contributed by atoms with Crippen LogP contribution >= 0.6 is 0 Å². The van der Waals surface area contributed by atoms with E-state index in [9.17, 15) is 9.59 Å². The molecule has 22 heavy (non-hydrogen) atoms. The van der Waals surface area contributed by atoms with Crippen LogP contribution in [-0.2, 0) is 14.3 Å². The summed E-state index contributed by atoms with van der Waals surface area (Å²) in [5.74, 6) is -0.233. The summed E-state index contributed by atoms with van der Waals surface area (Å²) in [4.78, 5) is 23.1. The lowest BCUT2D eigenvalue weighted by atomic mass is 10.2. The number of carbonyl (C=O) groups excluding carboxylic acids is 2. The molecule has 3 N–H and O–H groups in total. The molecule has 0 saturated carbocycles. The molecule has 1 rings (SSSR count). The van der Waals surface area contributed by atoms with Crippen LogP contribution in [0, 0.1) is 0 Å². The first-order chi connectivity index (χ1) is 10.6. The predicted molar refractivity (Wildman–Crippen MR) is 85.1 cm³/mol. The average Bonchev–Trinajstić information content (AvgIpc) is 2.53. The number of anilines is 2. The van der Waals surface area contributed by atoms with Crippen molar-refractivity contribution in [3.8, 4) is 0 Å². The van der Waals surface area contributed by atoms with Gasteiger partial charge >= 0.3 is 6.03 Å². The second-order valence-electron chi connectivity index (χ2n) is 4.48. The van der Waals surface area contributed by atoms with Gasteiger partial charge in [0.05, 0.1) is 13.2 Å². The highest BCUT2D eigenvalue weighted by Crippen LogP contribution is 2.14. The van der Waals surface area contributed by atoms with Gasteiger partial charge in [-0.3, -0.25) is 4.79 Å². The van der Waals surface area contributed by atoms with Gasteiger partial charge < -0.3 is 25.4 Å². The molecule has 0 fully saturated rings. The van der Waals surface area contributed by atoms with E-state index < -0.39 is 6.10 Å². The Morgan fingerprint density at radius 1 is 1.09 bits per heavy atom. The summed E-state index contributed by atoms with van der Waals surface area (Å²) in [6.07, 6.45) is -0.566. The predicted octanol–water partition coefficient (Wildman–Crippen LogP) is 1.82. The Morgan fingerprint density at radius 3 is 2.23 bits per heavy atom. The molecule has 0 radical (unpaired) electrons. The third-order valence-corrected chi connectivity index (χ3v) is 2.81. The van der Waals surface area contributed by atoms with Gasteiger partial charge in [-0.1, -0.05) is 0 Å². The van der Waals surface area contributed by atoms with E-state index in [4.69, 9.17) is 9.47 Å². The fraction of sp³-hybridized carbons (Fsp3) is 0.467. The quantitative estimate of drug-likeness (QED) is 0.639. The van der Waals surface area contributed by atoms with Crippen molar-refractivity contribution in [3.63, 3.8) is 0 Å². The van der Waals surface area contributed by atoms with Crippen LogP contribution in [0.2, 0.25) is 0 Å². The molecule has 122 valence electrons. The smallest absolute Gasteiger partial charge is 0.318 e. The fourth-order valence-electron chi connectivity index (χ4n) is 1.58. The molecule has 0 saturated heterocycles. The number of urea groups is 1. The first kappa shape index (κ1) is 17.9. The summed E-state index contributed by atoms with van der Waals surface area (Å²) >= 11 is 0. The molecule has 3 amide bonds. The van der Waals surface area contributed by atoms with Gasteiger partial charge in [0.1, 0.15) is 6.10 Å². The van der Waals surface area contributed by atoms with E-state index in [1.54, 1.807) is 31.2 Å². The number of carbonyl (C=O) groups is 2. The number of nitrogens with one attached hydrogen (secondary N) is 3. The van der Waals surface area contributed by atoms with E-state index in [0.29, 0.717) is 31.2 Å². The van der Waals surface area contributed by atoms with Gasteiger partial charge in [0.25, 0.3) is 5.91 Å². The SMILES string of the molecule is CCOCCO[C@@H](C)C(=O)Nc1ccc(NC(=O)NC)cc1. The number of hydrogen-bond donors (Lipinski definition) is 3. The Bertz CT molecular complexity index is 476. The van der Waals surface area contributed by atoms with Gasteiger partial charge in [-0.25, -0.2) is 4.79 Å². The molecule has 7 nitrogen and oxygen atoms in total. The summed E-state index contributed by atoms with van der Waals surface area (Å²) in [7, 11) is 1.54. The number of hydrogen-bond acceptors (Lipinski definition) is 4. The van der Waals surface area contributed by atoms with Crippen molar-refractivity contribution in [2.24, 2.45) is 0 Å². The molecule has 0 aliphatic carbocycles. The zero-order valence-electron chi connectivity index (χ0n) is 13.1. The Morgan fingerprint density at radius 2 is 1.68 bits per heavy atom. The summed E-state index contributed by atoms with van der Waals surface area (Å²) < 4.78 is 10.5. The third kappa shape index (κ3) is 6.55. The summed E-state index contributed by atoms with van der Waals surface area (Å²) in [6.45, 7) is 5.05. The van der Waals surface area contributed by atoms with Crippen LogP contribution in [0.3, 0.4) is 0 Å². The summed E-state index contributed by atoms with van der Waals surface area (Å²) in [5, 5.41) is 7.83. The van der Waals surface area contributed by atoms with Crippen molar-refractivity contribution < 1.29 is 19.1 Å². The molecule has 1 aromatic rings. The van der Waals surface area contributed by atoms with E-state index in [2.05, 4.69) is 16.0 Å². The molecule has 0 aliphatic heterocycles. The normalized spacial score (nSPS) is 11.6. The first-order valence-corrected chi connectivity index (χ1v) is 7.15. The van der Waals surface area contributed by atoms with Crippen LogP contribution in [-0.4, -0.2) is 44.9 Å². The van der Waals surface area contributed by atoms with E-state index in [1.165, 1.54) is 7.05 Å². The van der Waals surface area contributed by atoms with Crippen molar-refractivity contribution in [1.29, 1.82) is 0 Å². The zero-order valence-corrected chi connectivity index (χ0v) is 13.1. The molecular formula is C15H23N3O4. The molecule has 0 spiro atoms. The molecular weight excluding hydrogens is 286 g/mol.